The van der Waals surface area contributed by atoms with Gasteiger partial charge in [-0.3, -0.25) is 9.59 Å². The summed E-state index contributed by atoms with van der Waals surface area (Å²) < 4.78 is 4.79. The fraction of sp³-hybridized carbons (Fsp3) is 0.800. The molecular weight excluding hydrogens is 200 g/mol. The van der Waals surface area contributed by atoms with Gasteiger partial charge in [0.15, 0.2) is 5.12 Å². The Morgan fingerprint density at radius 1 is 1.29 bits per heavy atom. The van der Waals surface area contributed by atoms with E-state index in [1.807, 2.05) is 20.8 Å². The zero-order chi connectivity index (χ0) is 11.1. The van der Waals surface area contributed by atoms with Gasteiger partial charge in [0.25, 0.3) is 0 Å². The van der Waals surface area contributed by atoms with Crippen molar-refractivity contribution in [3.05, 3.63) is 0 Å². The van der Waals surface area contributed by atoms with Crippen LogP contribution in [0.4, 0.5) is 0 Å². The van der Waals surface area contributed by atoms with Gasteiger partial charge in [-0.1, -0.05) is 32.5 Å². The van der Waals surface area contributed by atoms with Crippen molar-refractivity contribution in [1.82, 2.24) is 0 Å². The van der Waals surface area contributed by atoms with Crippen LogP contribution >= 0.6 is 11.8 Å². The van der Waals surface area contributed by atoms with Crippen LogP contribution in [0.2, 0.25) is 0 Å². The van der Waals surface area contributed by atoms with Crippen molar-refractivity contribution in [3.63, 3.8) is 0 Å². The molecule has 0 amide bonds. The Labute approximate surface area is 89.6 Å². The number of hydrogen-bond acceptors (Lipinski definition) is 4. The predicted octanol–water partition coefficient (Wildman–Crippen LogP) is 2.24. The maximum atomic E-state index is 11.3. The molecular formula is C10H18O3S. The zero-order valence-electron chi connectivity index (χ0n) is 9.20. The van der Waals surface area contributed by atoms with Crippen molar-refractivity contribution >= 4 is 22.8 Å². The van der Waals surface area contributed by atoms with E-state index in [0.717, 1.165) is 0 Å². The van der Waals surface area contributed by atoms with Crippen molar-refractivity contribution < 1.29 is 14.3 Å². The molecule has 0 rings (SSSR count). The normalized spacial score (nSPS) is 12.6. The summed E-state index contributed by atoms with van der Waals surface area (Å²) in [4.78, 5) is 22.4. The highest BCUT2D eigenvalue weighted by Gasteiger charge is 2.16. The van der Waals surface area contributed by atoms with Gasteiger partial charge in [0.2, 0.25) is 0 Å². The SMILES string of the molecule is CCOC(=O)CC(C)SC(=O)C(C)C. The molecule has 0 aliphatic rings. The number of thioether (sulfide) groups is 1. The van der Waals surface area contributed by atoms with Crippen molar-refractivity contribution in [3.8, 4) is 0 Å². The number of carbonyl (C=O) groups excluding carboxylic acids is 2. The fourth-order valence-corrected chi connectivity index (χ4v) is 1.72. The number of esters is 1. The summed E-state index contributed by atoms with van der Waals surface area (Å²) in [7, 11) is 0. The molecule has 82 valence electrons. The average molecular weight is 218 g/mol. The summed E-state index contributed by atoms with van der Waals surface area (Å²) in [6.07, 6.45) is 0.303. The van der Waals surface area contributed by atoms with Gasteiger partial charge < -0.3 is 4.74 Å². The van der Waals surface area contributed by atoms with E-state index in [9.17, 15) is 9.59 Å². The molecule has 0 aromatic heterocycles. The standard InChI is InChI=1S/C10H18O3S/c1-5-13-9(11)6-8(4)14-10(12)7(2)3/h7-8H,5-6H2,1-4H3. The molecule has 0 spiro atoms. The van der Waals surface area contributed by atoms with Crippen LogP contribution in [-0.4, -0.2) is 22.9 Å². The number of rotatable bonds is 5. The fourth-order valence-electron chi connectivity index (χ4n) is 0.831. The van der Waals surface area contributed by atoms with E-state index >= 15 is 0 Å². The molecule has 0 heterocycles. The van der Waals surface area contributed by atoms with E-state index in [-0.39, 0.29) is 22.3 Å². The topological polar surface area (TPSA) is 43.4 Å². The highest BCUT2D eigenvalue weighted by molar-refractivity contribution is 8.14. The second-order valence-corrected chi connectivity index (χ2v) is 4.85. The molecule has 0 aliphatic carbocycles. The smallest absolute Gasteiger partial charge is 0.306 e. The van der Waals surface area contributed by atoms with Gasteiger partial charge in [-0.25, -0.2) is 0 Å². The summed E-state index contributed by atoms with van der Waals surface area (Å²) >= 11 is 1.22. The van der Waals surface area contributed by atoms with Crippen molar-refractivity contribution in [2.24, 2.45) is 5.92 Å². The van der Waals surface area contributed by atoms with E-state index < -0.39 is 0 Å². The zero-order valence-corrected chi connectivity index (χ0v) is 10.0. The Balaban J connectivity index is 3.80. The lowest BCUT2D eigenvalue weighted by Gasteiger charge is -2.10. The molecule has 0 bridgehead atoms. The lowest BCUT2D eigenvalue weighted by atomic mass is 10.3. The summed E-state index contributed by atoms with van der Waals surface area (Å²) in [5, 5.41) is 0.130. The molecule has 0 saturated heterocycles. The Bertz CT molecular complexity index is 202. The molecule has 4 heteroatoms. The molecule has 0 aromatic carbocycles. The van der Waals surface area contributed by atoms with E-state index in [1.165, 1.54) is 11.8 Å². The second kappa shape index (κ2) is 6.87. The van der Waals surface area contributed by atoms with Crippen LogP contribution in [0.25, 0.3) is 0 Å². The lowest BCUT2D eigenvalue weighted by Crippen LogP contribution is -2.14. The van der Waals surface area contributed by atoms with Crippen molar-refractivity contribution in [2.75, 3.05) is 6.61 Å². The molecule has 0 aromatic rings. The molecule has 14 heavy (non-hydrogen) atoms. The summed E-state index contributed by atoms with van der Waals surface area (Å²) in [5.41, 5.74) is 0. The highest BCUT2D eigenvalue weighted by Crippen LogP contribution is 2.19. The first kappa shape index (κ1) is 13.5. The van der Waals surface area contributed by atoms with E-state index in [2.05, 4.69) is 0 Å². The Kier molecular flexibility index (Phi) is 6.62. The van der Waals surface area contributed by atoms with E-state index in [1.54, 1.807) is 6.92 Å². The van der Waals surface area contributed by atoms with Crippen LogP contribution < -0.4 is 0 Å². The van der Waals surface area contributed by atoms with Crippen LogP contribution in [0.5, 0.6) is 0 Å². The maximum Gasteiger partial charge on any atom is 0.306 e. The largest absolute Gasteiger partial charge is 0.466 e. The summed E-state index contributed by atoms with van der Waals surface area (Å²) in [6.45, 7) is 7.74. The van der Waals surface area contributed by atoms with E-state index in [4.69, 9.17) is 4.74 Å². The minimum atomic E-state index is -0.232. The third kappa shape index (κ3) is 6.02. The predicted molar refractivity (Wildman–Crippen MR) is 58.1 cm³/mol. The third-order valence-corrected chi connectivity index (χ3v) is 2.82. The molecule has 3 nitrogen and oxygen atoms in total. The summed E-state index contributed by atoms with van der Waals surface area (Å²) in [6, 6.07) is 0. The van der Waals surface area contributed by atoms with E-state index in [0.29, 0.717) is 13.0 Å². The molecule has 0 N–H and O–H groups in total. The lowest BCUT2D eigenvalue weighted by molar-refractivity contribution is -0.142. The number of ether oxygens (including phenoxy) is 1. The van der Waals surface area contributed by atoms with Gasteiger partial charge in [-0.2, -0.15) is 0 Å². The monoisotopic (exact) mass is 218 g/mol. The Hall–Kier alpha value is -0.510. The first-order valence-electron chi connectivity index (χ1n) is 4.83. The highest BCUT2D eigenvalue weighted by atomic mass is 32.2. The molecule has 1 unspecified atom stereocenters. The van der Waals surface area contributed by atoms with Crippen LogP contribution in [0.15, 0.2) is 0 Å². The molecule has 0 fully saturated rings. The van der Waals surface area contributed by atoms with Gasteiger partial charge >= 0.3 is 5.97 Å². The van der Waals surface area contributed by atoms with Gasteiger partial charge in [0.1, 0.15) is 0 Å². The van der Waals surface area contributed by atoms with Gasteiger partial charge in [-0.05, 0) is 6.92 Å². The Morgan fingerprint density at radius 3 is 2.29 bits per heavy atom. The quantitative estimate of drug-likeness (QED) is 0.664. The van der Waals surface area contributed by atoms with Crippen LogP contribution in [-0.2, 0) is 14.3 Å². The van der Waals surface area contributed by atoms with Gasteiger partial charge in [-0.15, -0.1) is 0 Å². The molecule has 0 saturated carbocycles. The minimum absolute atomic E-state index is 0.00366. The first-order valence-corrected chi connectivity index (χ1v) is 5.71. The Morgan fingerprint density at radius 2 is 1.86 bits per heavy atom. The number of hydrogen-bond donors (Lipinski definition) is 0. The number of carbonyl (C=O) groups is 2. The summed E-state index contributed by atoms with van der Waals surface area (Å²) in [5.74, 6) is -0.214. The molecule has 0 aliphatic heterocycles. The van der Waals surface area contributed by atoms with Crippen LogP contribution in [0.3, 0.4) is 0 Å². The van der Waals surface area contributed by atoms with Gasteiger partial charge in [0, 0.05) is 11.2 Å². The van der Waals surface area contributed by atoms with Gasteiger partial charge in [0.05, 0.1) is 13.0 Å². The second-order valence-electron chi connectivity index (χ2n) is 3.41. The third-order valence-electron chi connectivity index (χ3n) is 1.55. The van der Waals surface area contributed by atoms with Crippen molar-refractivity contribution in [2.45, 2.75) is 39.4 Å². The first-order chi connectivity index (χ1) is 6.47. The van der Waals surface area contributed by atoms with Crippen LogP contribution in [0, 0.1) is 5.92 Å². The van der Waals surface area contributed by atoms with Crippen molar-refractivity contribution in [1.29, 1.82) is 0 Å². The molecule has 0 radical (unpaired) electrons. The molecule has 1 atom stereocenters. The van der Waals surface area contributed by atoms with Crippen LogP contribution in [0.1, 0.15) is 34.1 Å². The average Bonchev–Trinajstić information content (AvgIpc) is 2.03. The minimum Gasteiger partial charge on any atom is -0.466 e. The maximum absolute atomic E-state index is 11.3.